The van der Waals surface area contributed by atoms with E-state index in [1.54, 1.807) is 12.1 Å². The molecule has 2 rings (SSSR count). The van der Waals surface area contributed by atoms with Crippen LogP contribution in [0.3, 0.4) is 0 Å². The molecule has 1 heterocycles. The molecule has 3 nitrogen and oxygen atoms in total. The molecule has 0 aliphatic heterocycles. The molecule has 1 aromatic carbocycles. The molecule has 0 aliphatic carbocycles. The third-order valence-electron chi connectivity index (χ3n) is 3.26. The predicted molar refractivity (Wildman–Crippen MR) is 74.6 cm³/mol. The zero-order valence-corrected chi connectivity index (χ0v) is 11.2. The van der Waals surface area contributed by atoms with Crippen molar-refractivity contribution < 1.29 is 9.90 Å². The quantitative estimate of drug-likeness (QED) is 0.912. The van der Waals surface area contributed by atoms with Crippen LogP contribution in [0.1, 0.15) is 39.7 Å². The maximum absolute atomic E-state index is 11.0. The minimum atomic E-state index is -0.893. The molecule has 1 N–H and O–H groups in total. The summed E-state index contributed by atoms with van der Waals surface area (Å²) in [5.41, 5.74) is 4.59. The molecule has 0 bridgehead atoms. The largest absolute Gasteiger partial charge is 0.478 e. The SMILES string of the molecule is CCc1ccc(Cc2cc(C(=O)O)ccc2C)nc1. The summed E-state index contributed by atoms with van der Waals surface area (Å²) in [5, 5.41) is 9.02. The van der Waals surface area contributed by atoms with Gasteiger partial charge in [0.25, 0.3) is 0 Å². The lowest BCUT2D eigenvalue weighted by molar-refractivity contribution is 0.0697. The van der Waals surface area contributed by atoms with Gasteiger partial charge in [-0.1, -0.05) is 19.1 Å². The van der Waals surface area contributed by atoms with E-state index in [-0.39, 0.29) is 0 Å². The summed E-state index contributed by atoms with van der Waals surface area (Å²) < 4.78 is 0. The molecule has 0 spiro atoms. The second-order valence-corrected chi connectivity index (χ2v) is 4.63. The normalized spacial score (nSPS) is 10.4. The summed E-state index contributed by atoms with van der Waals surface area (Å²) in [6.45, 7) is 4.08. The number of aryl methyl sites for hydroxylation is 2. The standard InChI is InChI=1S/C16H17NO2/c1-3-12-5-7-15(17-10-12)9-14-8-13(16(18)19)6-4-11(14)2/h4-8,10H,3,9H2,1-2H3,(H,18,19). The van der Waals surface area contributed by atoms with Gasteiger partial charge < -0.3 is 5.11 Å². The molecule has 0 saturated carbocycles. The molecule has 0 fully saturated rings. The van der Waals surface area contributed by atoms with Gasteiger partial charge in [0.2, 0.25) is 0 Å². The van der Waals surface area contributed by atoms with Crippen LogP contribution in [0.15, 0.2) is 36.5 Å². The predicted octanol–water partition coefficient (Wildman–Crippen LogP) is 3.24. The summed E-state index contributed by atoms with van der Waals surface area (Å²) >= 11 is 0. The van der Waals surface area contributed by atoms with Crippen LogP contribution in [0.2, 0.25) is 0 Å². The summed E-state index contributed by atoms with van der Waals surface area (Å²) in [7, 11) is 0. The van der Waals surface area contributed by atoms with Crippen molar-refractivity contribution in [2.45, 2.75) is 26.7 Å². The summed E-state index contributed by atoms with van der Waals surface area (Å²) in [6.07, 6.45) is 3.52. The lowest BCUT2D eigenvalue weighted by Gasteiger charge is -2.07. The van der Waals surface area contributed by atoms with Crippen molar-refractivity contribution in [3.63, 3.8) is 0 Å². The number of benzene rings is 1. The lowest BCUT2D eigenvalue weighted by Crippen LogP contribution is -2.01. The summed E-state index contributed by atoms with van der Waals surface area (Å²) in [6, 6.07) is 9.28. The number of carboxylic acid groups (broad SMARTS) is 1. The van der Waals surface area contributed by atoms with Crippen LogP contribution in [-0.2, 0) is 12.8 Å². The van der Waals surface area contributed by atoms with Crippen molar-refractivity contribution in [1.29, 1.82) is 0 Å². The number of aromatic carboxylic acids is 1. The van der Waals surface area contributed by atoms with Gasteiger partial charge in [-0.25, -0.2) is 4.79 Å². The van der Waals surface area contributed by atoms with E-state index in [0.717, 1.165) is 23.2 Å². The number of carboxylic acids is 1. The monoisotopic (exact) mass is 255 g/mol. The molecular weight excluding hydrogens is 238 g/mol. The fourth-order valence-corrected chi connectivity index (χ4v) is 1.96. The molecule has 0 saturated heterocycles. The average Bonchev–Trinajstić information content (AvgIpc) is 2.42. The van der Waals surface area contributed by atoms with Crippen LogP contribution in [-0.4, -0.2) is 16.1 Å². The van der Waals surface area contributed by atoms with E-state index >= 15 is 0 Å². The Bertz CT molecular complexity index is 588. The third-order valence-corrected chi connectivity index (χ3v) is 3.26. The first-order valence-electron chi connectivity index (χ1n) is 6.36. The molecule has 0 amide bonds. The van der Waals surface area contributed by atoms with Gasteiger partial charge in [0.15, 0.2) is 0 Å². The number of aromatic nitrogens is 1. The Hall–Kier alpha value is -2.16. The van der Waals surface area contributed by atoms with Gasteiger partial charge in [0.05, 0.1) is 5.56 Å². The van der Waals surface area contributed by atoms with Gasteiger partial charge in [-0.15, -0.1) is 0 Å². The van der Waals surface area contributed by atoms with Crippen LogP contribution in [0.25, 0.3) is 0 Å². The molecule has 0 atom stereocenters. The Balaban J connectivity index is 2.26. The highest BCUT2D eigenvalue weighted by Crippen LogP contribution is 2.15. The molecule has 2 aromatic rings. The highest BCUT2D eigenvalue weighted by molar-refractivity contribution is 5.87. The molecule has 1 aromatic heterocycles. The Morgan fingerprint density at radius 3 is 2.63 bits per heavy atom. The molecule has 19 heavy (non-hydrogen) atoms. The zero-order valence-electron chi connectivity index (χ0n) is 11.2. The Labute approximate surface area is 112 Å². The Kier molecular flexibility index (Phi) is 3.95. The van der Waals surface area contributed by atoms with E-state index < -0.39 is 5.97 Å². The Morgan fingerprint density at radius 2 is 2.05 bits per heavy atom. The van der Waals surface area contributed by atoms with Gasteiger partial charge >= 0.3 is 5.97 Å². The average molecular weight is 255 g/mol. The van der Waals surface area contributed by atoms with Gasteiger partial charge in [0.1, 0.15) is 0 Å². The number of hydrogen-bond donors (Lipinski definition) is 1. The first kappa shape index (κ1) is 13.3. The van der Waals surface area contributed by atoms with Gasteiger partial charge in [-0.3, -0.25) is 4.98 Å². The number of carbonyl (C=O) groups is 1. The zero-order chi connectivity index (χ0) is 13.8. The molecule has 0 radical (unpaired) electrons. The van der Waals surface area contributed by atoms with Gasteiger partial charge in [0, 0.05) is 18.3 Å². The number of rotatable bonds is 4. The highest BCUT2D eigenvalue weighted by Gasteiger charge is 2.07. The minimum Gasteiger partial charge on any atom is -0.478 e. The van der Waals surface area contributed by atoms with Crippen LogP contribution >= 0.6 is 0 Å². The first-order chi connectivity index (χ1) is 9.10. The minimum absolute atomic E-state index is 0.325. The fourth-order valence-electron chi connectivity index (χ4n) is 1.96. The maximum atomic E-state index is 11.0. The summed E-state index contributed by atoms with van der Waals surface area (Å²) in [4.78, 5) is 15.4. The van der Waals surface area contributed by atoms with Crippen LogP contribution in [0.5, 0.6) is 0 Å². The van der Waals surface area contributed by atoms with Crippen molar-refractivity contribution in [2.24, 2.45) is 0 Å². The second-order valence-electron chi connectivity index (χ2n) is 4.63. The molecule has 3 heteroatoms. The van der Waals surface area contributed by atoms with Gasteiger partial charge in [-0.2, -0.15) is 0 Å². The lowest BCUT2D eigenvalue weighted by atomic mass is 10.0. The van der Waals surface area contributed by atoms with E-state index in [1.807, 2.05) is 25.3 Å². The van der Waals surface area contributed by atoms with E-state index in [0.29, 0.717) is 12.0 Å². The van der Waals surface area contributed by atoms with Crippen molar-refractivity contribution in [2.75, 3.05) is 0 Å². The van der Waals surface area contributed by atoms with Gasteiger partial charge in [-0.05, 0) is 48.2 Å². The van der Waals surface area contributed by atoms with E-state index in [4.69, 9.17) is 5.11 Å². The number of pyridine rings is 1. The molecule has 0 aliphatic rings. The summed E-state index contributed by atoms with van der Waals surface area (Å²) in [5.74, 6) is -0.893. The van der Waals surface area contributed by atoms with E-state index in [2.05, 4.69) is 18.0 Å². The Morgan fingerprint density at radius 1 is 1.26 bits per heavy atom. The van der Waals surface area contributed by atoms with Crippen LogP contribution < -0.4 is 0 Å². The third kappa shape index (κ3) is 3.19. The van der Waals surface area contributed by atoms with Crippen molar-refractivity contribution >= 4 is 5.97 Å². The molecule has 0 unspecified atom stereocenters. The number of nitrogens with zero attached hydrogens (tertiary/aromatic N) is 1. The maximum Gasteiger partial charge on any atom is 0.335 e. The number of hydrogen-bond acceptors (Lipinski definition) is 2. The smallest absolute Gasteiger partial charge is 0.335 e. The van der Waals surface area contributed by atoms with E-state index in [9.17, 15) is 4.79 Å². The topological polar surface area (TPSA) is 50.2 Å². The fraction of sp³-hybridized carbons (Fsp3) is 0.250. The van der Waals surface area contributed by atoms with Crippen molar-refractivity contribution in [3.8, 4) is 0 Å². The highest BCUT2D eigenvalue weighted by atomic mass is 16.4. The molecule has 98 valence electrons. The van der Waals surface area contributed by atoms with Crippen LogP contribution in [0, 0.1) is 6.92 Å². The molecular formula is C16H17NO2. The first-order valence-corrected chi connectivity index (χ1v) is 6.36. The van der Waals surface area contributed by atoms with E-state index in [1.165, 1.54) is 5.56 Å². The van der Waals surface area contributed by atoms with Crippen molar-refractivity contribution in [3.05, 3.63) is 64.5 Å². The van der Waals surface area contributed by atoms with Crippen molar-refractivity contribution in [1.82, 2.24) is 4.98 Å². The van der Waals surface area contributed by atoms with Crippen LogP contribution in [0.4, 0.5) is 0 Å². The second kappa shape index (κ2) is 5.65.